The fourth-order valence-electron chi connectivity index (χ4n) is 4.20. The van der Waals surface area contributed by atoms with E-state index in [1.54, 1.807) is 24.1 Å². The molecule has 2 aromatic rings. The second kappa shape index (κ2) is 7.83. The normalized spacial score (nSPS) is 22.8. The van der Waals surface area contributed by atoms with Crippen molar-refractivity contribution in [2.45, 2.75) is 62.8 Å². The van der Waals surface area contributed by atoms with Crippen molar-refractivity contribution in [1.82, 2.24) is 14.7 Å². The highest BCUT2D eigenvalue weighted by molar-refractivity contribution is 7.10. The Hall–Kier alpha value is -1.74. The Morgan fingerprint density at radius 1 is 1.34 bits per heavy atom. The molecule has 1 fully saturated rings. The monoisotopic (exact) mass is 446 g/mol. The highest BCUT2D eigenvalue weighted by Crippen LogP contribution is 2.47. The highest BCUT2D eigenvalue weighted by atomic mass is 35.5. The van der Waals surface area contributed by atoms with Gasteiger partial charge < -0.3 is 10.2 Å². The van der Waals surface area contributed by atoms with E-state index < -0.39 is 24.2 Å². The van der Waals surface area contributed by atoms with Gasteiger partial charge in [-0.3, -0.25) is 4.79 Å². The third-order valence-electron chi connectivity index (χ3n) is 5.83. The number of carbonyl (C=O) groups excluding carboxylic acids is 1. The number of nitrogens with zero attached hydrogens (tertiary/aromatic N) is 3. The summed E-state index contributed by atoms with van der Waals surface area (Å²) in [5.74, 6) is -0.377. The van der Waals surface area contributed by atoms with E-state index in [-0.39, 0.29) is 29.0 Å². The van der Waals surface area contributed by atoms with E-state index in [1.165, 1.54) is 11.3 Å². The summed E-state index contributed by atoms with van der Waals surface area (Å²) >= 11 is 7.79. The molecule has 2 aromatic heterocycles. The number of nitrogens with one attached hydrogen (secondary N) is 1. The molecule has 3 heterocycles. The Kier molecular flexibility index (Phi) is 5.54. The summed E-state index contributed by atoms with van der Waals surface area (Å²) in [6.45, 7) is 0. The number of halogens is 4. The Balaban J connectivity index is 1.68. The summed E-state index contributed by atoms with van der Waals surface area (Å²) in [6.07, 6.45) is 0.276. The first-order valence-electron chi connectivity index (χ1n) is 9.69. The van der Waals surface area contributed by atoms with Crippen LogP contribution in [0.25, 0.3) is 0 Å². The molecule has 0 saturated heterocycles. The molecule has 0 spiro atoms. The van der Waals surface area contributed by atoms with Crippen LogP contribution in [0.2, 0.25) is 5.02 Å². The van der Waals surface area contributed by atoms with Crippen LogP contribution >= 0.6 is 22.9 Å². The van der Waals surface area contributed by atoms with Gasteiger partial charge in [0.2, 0.25) is 0 Å². The minimum Gasteiger partial charge on any atom is -0.361 e. The van der Waals surface area contributed by atoms with Crippen LogP contribution in [-0.2, 0) is 0 Å². The van der Waals surface area contributed by atoms with Gasteiger partial charge in [0.05, 0.1) is 6.04 Å². The van der Waals surface area contributed by atoms with Crippen LogP contribution in [0.4, 0.5) is 19.0 Å². The summed E-state index contributed by atoms with van der Waals surface area (Å²) in [4.78, 5) is 15.4. The maximum Gasteiger partial charge on any atom is 0.410 e. The number of hydrogen-bond acceptors (Lipinski definition) is 4. The van der Waals surface area contributed by atoms with E-state index >= 15 is 0 Å². The third-order valence-corrected chi connectivity index (χ3v) is 7.17. The minimum absolute atomic E-state index is 0.0480. The van der Waals surface area contributed by atoms with E-state index in [4.69, 9.17) is 11.6 Å². The summed E-state index contributed by atoms with van der Waals surface area (Å²) in [5, 5.41) is 8.89. The molecule has 0 aromatic carbocycles. The molecule has 1 N–H and O–H groups in total. The van der Waals surface area contributed by atoms with Crippen molar-refractivity contribution in [2.24, 2.45) is 0 Å². The molecular formula is C19H22ClF3N4OS. The second-order valence-corrected chi connectivity index (χ2v) is 9.03. The van der Waals surface area contributed by atoms with Gasteiger partial charge in [-0.15, -0.1) is 11.3 Å². The molecule has 2 aliphatic rings. The van der Waals surface area contributed by atoms with E-state index in [0.29, 0.717) is 0 Å². The average Bonchev–Trinajstić information content (AvgIpc) is 3.35. The molecule has 0 radical (unpaired) electrons. The zero-order valence-corrected chi connectivity index (χ0v) is 17.4. The molecular weight excluding hydrogens is 425 g/mol. The van der Waals surface area contributed by atoms with E-state index in [9.17, 15) is 18.0 Å². The van der Waals surface area contributed by atoms with Crippen LogP contribution in [-0.4, -0.2) is 39.9 Å². The molecule has 1 aliphatic heterocycles. The van der Waals surface area contributed by atoms with Crippen LogP contribution in [0, 0.1) is 0 Å². The number of amides is 1. The van der Waals surface area contributed by atoms with Crippen molar-refractivity contribution in [2.75, 3.05) is 12.4 Å². The van der Waals surface area contributed by atoms with Crippen molar-refractivity contribution in [1.29, 1.82) is 0 Å². The molecule has 29 heavy (non-hydrogen) atoms. The molecule has 158 valence electrons. The Morgan fingerprint density at radius 3 is 2.69 bits per heavy atom. The van der Waals surface area contributed by atoms with Crippen LogP contribution in [0.1, 0.15) is 66.0 Å². The van der Waals surface area contributed by atoms with Gasteiger partial charge in [-0.25, -0.2) is 4.68 Å². The molecule has 5 nitrogen and oxygen atoms in total. The summed E-state index contributed by atoms with van der Waals surface area (Å²) in [5.41, 5.74) is -0.122. The molecule has 0 bridgehead atoms. The zero-order valence-electron chi connectivity index (χ0n) is 15.9. The Labute approximate surface area is 175 Å². The second-order valence-electron chi connectivity index (χ2n) is 7.67. The SMILES string of the molecule is CN(C(=O)c1nn2c(c1Cl)N[C@H](c1cccs1)C[C@H]2C(F)(F)F)C1CCCCC1. The first kappa shape index (κ1) is 20.5. The molecule has 10 heteroatoms. The number of rotatable bonds is 3. The number of anilines is 1. The van der Waals surface area contributed by atoms with Gasteiger partial charge in [-0.2, -0.15) is 18.3 Å². The first-order chi connectivity index (χ1) is 13.8. The summed E-state index contributed by atoms with van der Waals surface area (Å²) in [7, 11) is 1.68. The molecule has 4 rings (SSSR count). The topological polar surface area (TPSA) is 50.2 Å². The van der Waals surface area contributed by atoms with Crippen molar-refractivity contribution in [3.05, 3.63) is 33.1 Å². The lowest BCUT2D eigenvalue weighted by Crippen LogP contribution is -2.39. The van der Waals surface area contributed by atoms with Crippen molar-refractivity contribution >= 4 is 34.7 Å². The predicted molar refractivity (Wildman–Crippen MR) is 107 cm³/mol. The zero-order chi connectivity index (χ0) is 20.8. The van der Waals surface area contributed by atoms with Gasteiger partial charge in [0, 0.05) is 24.4 Å². The van der Waals surface area contributed by atoms with Gasteiger partial charge in [0.15, 0.2) is 11.7 Å². The molecule has 2 atom stereocenters. The van der Waals surface area contributed by atoms with Gasteiger partial charge in [0.25, 0.3) is 5.91 Å². The van der Waals surface area contributed by atoms with Crippen LogP contribution in [0.3, 0.4) is 0 Å². The fourth-order valence-corrected chi connectivity index (χ4v) is 5.25. The molecule has 1 saturated carbocycles. The van der Waals surface area contributed by atoms with E-state index in [2.05, 4.69) is 10.4 Å². The lowest BCUT2D eigenvalue weighted by atomic mass is 9.94. The maximum atomic E-state index is 13.8. The first-order valence-corrected chi connectivity index (χ1v) is 10.9. The maximum absolute atomic E-state index is 13.8. The Morgan fingerprint density at radius 2 is 2.07 bits per heavy atom. The third kappa shape index (κ3) is 3.86. The fraction of sp³-hybridized carbons (Fsp3) is 0.579. The lowest BCUT2D eigenvalue weighted by Gasteiger charge is -2.32. The number of hydrogen-bond donors (Lipinski definition) is 1. The van der Waals surface area contributed by atoms with Crippen molar-refractivity contribution in [3.8, 4) is 0 Å². The van der Waals surface area contributed by atoms with Crippen LogP contribution in [0.15, 0.2) is 17.5 Å². The smallest absolute Gasteiger partial charge is 0.361 e. The summed E-state index contributed by atoms with van der Waals surface area (Å²) < 4.78 is 42.3. The van der Waals surface area contributed by atoms with Gasteiger partial charge in [0.1, 0.15) is 10.8 Å². The van der Waals surface area contributed by atoms with Crippen LogP contribution < -0.4 is 5.32 Å². The van der Waals surface area contributed by atoms with Gasteiger partial charge in [-0.05, 0) is 24.3 Å². The van der Waals surface area contributed by atoms with E-state index in [1.807, 2.05) is 5.38 Å². The van der Waals surface area contributed by atoms with E-state index in [0.717, 1.165) is 41.7 Å². The molecule has 1 amide bonds. The highest BCUT2D eigenvalue weighted by Gasteiger charge is 2.48. The number of alkyl halides is 3. The standard InChI is InChI=1S/C19H22ClF3N4OS/c1-26(11-6-3-2-4-7-11)18(28)16-15(20)17-24-12(13-8-5-9-29-13)10-14(19(21,22)23)27(17)25-16/h5,8-9,11-12,14,24H,2-4,6-7,10H2,1H3/t12-,14-/m0/s1. The molecule has 1 aliphatic carbocycles. The largest absolute Gasteiger partial charge is 0.410 e. The van der Waals surface area contributed by atoms with Crippen molar-refractivity contribution in [3.63, 3.8) is 0 Å². The minimum atomic E-state index is -4.50. The van der Waals surface area contributed by atoms with Crippen LogP contribution in [0.5, 0.6) is 0 Å². The number of thiophene rings is 1. The van der Waals surface area contributed by atoms with Gasteiger partial charge >= 0.3 is 6.18 Å². The Bertz CT molecular complexity index is 877. The van der Waals surface area contributed by atoms with Gasteiger partial charge in [-0.1, -0.05) is 36.9 Å². The number of aromatic nitrogens is 2. The summed E-state index contributed by atoms with van der Waals surface area (Å²) in [6, 6.07) is 1.27. The number of carbonyl (C=O) groups is 1. The van der Waals surface area contributed by atoms with Crippen molar-refractivity contribution < 1.29 is 18.0 Å². The molecule has 0 unspecified atom stereocenters. The predicted octanol–water partition coefficient (Wildman–Crippen LogP) is 5.66. The average molecular weight is 447 g/mol. The quantitative estimate of drug-likeness (QED) is 0.661. The lowest BCUT2D eigenvalue weighted by molar-refractivity contribution is -0.173. The number of fused-ring (bicyclic) bond motifs is 1.